The van der Waals surface area contributed by atoms with Crippen LogP contribution in [-0.2, 0) is 4.74 Å². The fourth-order valence-corrected chi connectivity index (χ4v) is 2.58. The van der Waals surface area contributed by atoms with Crippen molar-refractivity contribution in [1.82, 2.24) is 10.6 Å². The zero-order valence-corrected chi connectivity index (χ0v) is 11.1. The van der Waals surface area contributed by atoms with E-state index in [1.54, 1.807) is 0 Å². The van der Waals surface area contributed by atoms with Crippen molar-refractivity contribution in [2.75, 3.05) is 33.5 Å². The van der Waals surface area contributed by atoms with Crippen LogP contribution < -0.4 is 20.1 Å². The Morgan fingerprint density at radius 1 is 1.37 bits per heavy atom. The first-order chi connectivity index (χ1) is 9.36. The van der Waals surface area contributed by atoms with Gasteiger partial charge < -0.3 is 24.8 Å². The average Bonchev–Trinajstić information content (AvgIpc) is 2.93. The summed E-state index contributed by atoms with van der Waals surface area (Å²) < 4.78 is 16.5. The zero-order valence-electron chi connectivity index (χ0n) is 11.1. The average molecular weight is 264 g/mol. The topological polar surface area (TPSA) is 51.8 Å². The van der Waals surface area contributed by atoms with E-state index < -0.39 is 0 Å². The summed E-state index contributed by atoms with van der Waals surface area (Å²) in [4.78, 5) is 0. The quantitative estimate of drug-likeness (QED) is 0.851. The van der Waals surface area contributed by atoms with Crippen LogP contribution in [0, 0.1) is 0 Å². The van der Waals surface area contributed by atoms with E-state index in [4.69, 9.17) is 14.2 Å². The lowest BCUT2D eigenvalue weighted by Gasteiger charge is -2.27. The van der Waals surface area contributed by atoms with Crippen LogP contribution in [0.25, 0.3) is 0 Å². The van der Waals surface area contributed by atoms with E-state index in [-0.39, 0.29) is 12.1 Å². The minimum absolute atomic E-state index is 0.261. The van der Waals surface area contributed by atoms with E-state index in [0.29, 0.717) is 6.79 Å². The lowest BCUT2D eigenvalue weighted by atomic mass is 9.99. The number of morpholine rings is 1. The number of hydrogen-bond donors (Lipinski definition) is 2. The molecule has 1 saturated heterocycles. The second-order valence-corrected chi connectivity index (χ2v) is 4.89. The molecule has 2 unspecified atom stereocenters. The molecule has 1 aromatic rings. The minimum atomic E-state index is 0.261. The van der Waals surface area contributed by atoms with Crippen molar-refractivity contribution >= 4 is 0 Å². The maximum atomic E-state index is 5.77. The monoisotopic (exact) mass is 264 g/mol. The summed E-state index contributed by atoms with van der Waals surface area (Å²) in [5.74, 6) is 1.66. The number of ether oxygens (including phenoxy) is 3. The summed E-state index contributed by atoms with van der Waals surface area (Å²) in [7, 11) is 1.98. The molecule has 3 rings (SSSR count). The van der Waals surface area contributed by atoms with Crippen LogP contribution in [0.15, 0.2) is 18.2 Å². The molecule has 2 heterocycles. The van der Waals surface area contributed by atoms with Crippen molar-refractivity contribution in [2.45, 2.75) is 18.6 Å². The molecule has 0 bridgehead atoms. The lowest BCUT2D eigenvalue weighted by Crippen LogP contribution is -2.40. The molecule has 0 aliphatic carbocycles. The molecule has 1 fully saturated rings. The van der Waals surface area contributed by atoms with Crippen LogP contribution in [0.2, 0.25) is 0 Å². The van der Waals surface area contributed by atoms with Crippen LogP contribution in [0.1, 0.15) is 18.0 Å². The van der Waals surface area contributed by atoms with Crippen molar-refractivity contribution in [1.29, 1.82) is 0 Å². The first-order valence-electron chi connectivity index (χ1n) is 6.76. The Morgan fingerprint density at radius 2 is 2.26 bits per heavy atom. The summed E-state index contributed by atoms with van der Waals surface area (Å²) in [6.45, 7) is 2.98. The molecule has 0 radical (unpaired) electrons. The normalized spacial score (nSPS) is 23.3. The highest BCUT2D eigenvalue weighted by atomic mass is 16.7. The van der Waals surface area contributed by atoms with Gasteiger partial charge in [0.25, 0.3) is 0 Å². The van der Waals surface area contributed by atoms with Crippen LogP contribution in [0.5, 0.6) is 11.5 Å². The maximum absolute atomic E-state index is 5.77. The van der Waals surface area contributed by atoms with Crippen molar-refractivity contribution in [3.63, 3.8) is 0 Å². The molecule has 104 valence electrons. The lowest BCUT2D eigenvalue weighted by molar-refractivity contribution is 0.0176. The van der Waals surface area contributed by atoms with Gasteiger partial charge in [-0.2, -0.15) is 0 Å². The van der Waals surface area contributed by atoms with Crippen LogP contribution in [0.3, 0.4) is 0 Å². The predicted molar refractivity (Wildman–Crippen MR) is 71.6 cm³/mol. The number of rotatable bonds is 4. The van der Waals surface area contributed by atoms with Crippen molar-refractivity contribution in [2.24, 2.45) is 0 Å². The molecular formula is C14H20N2O3. The Bertz CT molecular complexity index is 433. The maximum Gasteiger partial charge on any atom is 0.231 e. The molecule has 0 saturated carbocycles. The van der Waals surface area contributed by atoms with Gasteiger partial charge in [0.2, 0.25) is 6.79 Å². The molecule has 19 heavy (non-hydrogen) atoms. The Kier molecular flexibility index (Phi) is 3.87. The Hall–Kier alpha value is -1.30. The molecule has 2 N–H and O–H groups in total. The highest BCUT2D eigenvalue weighted by molar-refractivity contribution is 5.45. The standard InChI is InChI=1S/C14H20N2O3/c1-15-12(7-11-8-16-4-5-17-11)10-2-3-13-14(6-10)19-9-18-13/h2-3,6,11-12,15-16H,4-5,7-9H2,1H3. The molecule has 2 aliphatic rings. The van der Waals surface area contributed by atoms with E-state index in [2.05, 4.69) is 22.8 Å². The van der Waals surface area contributed by atoms with Crippen molar-refractivity contribution in [3.05, 3.63) is 23.8 Å². The van der Waals surface area contributed by atoms with Gasteiger partial charge in [0, 0.05) is 19.1 Å². The molecule has 5 nitrogen and oxygen atoms in total. The molecule has 2 aliphatic heterocycles. The van der Waals surface area contributed by atoms with E-state index in [9.17, 15) is 0 Å². The van der Waals surface area contributed by atoms with Gasteiger partial charge in [-0.05, 0) is 31.2 Å². The number of hydrogen-bond acceptors (Lipinski definition) is 5. The van der Waals surface area contributed by atoms with Gasteiger partial charge in [-0.15, -0.1) is 0 Å². The summed E-state index contributed by atoms with van der Waals surface area (Å²) in [5.41, 5.74) is 1.21. The van der Waals surface area contributed by atoms with E-state index >= 15 is 0 Å². The van der Waals surface area contributed by atoms with Gasteiger partial charge in [-0.3, -0.25) is 0 Å². The SMILES string of the molecule is CNC(CC1CNCCO1)c1ccc2c(c1)OCO2. The number of fused-ring (bicyclic) bond motifs is 1. The second-order valence-electron chi connectivity index (χ2n) is 4.89. The Balaban J connectivity index is 1.70. The fraction of sp³-hybridized carbons (Fsp3) is 0.571. The third kappa shape index (κ3) is 2.83. The van der Waals surface area contributed by atoms with Gasteiger partial charge in [0.15, 0.2) is 11.5 Å². The third-order valence-electron chi connectivity index (χ3n) is 3.65. The third-order valence-corrected chi connectivity index (χ3v) is 3.65. The minimum Gasteiger partial charge on any atom is -0.454 e. The van der Waals surface area contributed by atoms with Crippen molar-refractivity contribution < 1.29 is 14.2 Å². The summed E-state index contributed by atoms with van der Waals surface area (Å²) in [5, 5.41) is 6.71. The summed E-state index contributed by atoms with van der Waals surface area (Å²) >= 11 is 0. The smallest absolute Gasteiger partial charge is 0.231 e. The molecule has 0 spiro atoms. The van der Waals surface area contributed by atoms with Crippen molar-refractivity contribution in [3.8, 4) is 11.5 Å². The highest BCUT2D eigenvalue weighted by Gasteiger charge is 2.22. The van der Waals surface area contributed by atoms with E-state index in [1.165, 1.54) is 5.56 Å². The summed E-state index contributed by atoms with van der Waals surface area (Å²) in [6, 6.07) is 6.38. The van der Waals surface area contributed by atoms with E-state index in [0.717, 1.165) is 37.6 Å². The first-order valence-corrected chi connectivity index (χ1v) is 6.76. The number of nitrogens with one attached hydrogen (secondary N) is 2. The molecule has 2 atom stereocenters. The van der Waals surface area contributed by atoms with Gasteiger partial charge in [-0.25, -0.2) is 0 Å². The molecule has 0 amide bonds. The molecular weight excluding hydrogens is 244 g/mol. The van der Waals surface area contributed by atoms with Crippen LogP contribution in [0.4, 0.5) is 0 Å². The number of benzene rings is 1. The molecule has 1 aromatic carbocycles. The Labute approximate surface area is 113 Å². The second kappa shape index (κ2) is 5.77. The zero-order chi connectivity index (χ0) is 13.1. The molecule has 0 aromatic heterocycles. The van der Waals surface area contributed by atoms with Crippen LogP contribution in [-0.4, -0.2) is 39.6 Å². The molecule has 5 heteroatoms. The largest absolute Gasteiger partial charge is 0.454 e. The van der Waals surface area contributed by atoms with Gasteiger partial charge >= 0.3 is 0 Å². The van der Waals surface area contributed by atoms with E-state index in [1.807, 2.05) is 13.1 Å². The van der Waals surface area contributed by atoms with Gasteiger partial charge in [-0.1, -0.05) is 6.07 Å². The van der Waals surface area contributed by atoms with Gasteiger partial charge in [0.05, 0.1) is 12.7 Å². The van der Waals surface area contributed by atoms with Gasteiger partial charge in [0.1, 0.15) is 0 Å². The predicted octanol–water partition coefficient (Wildman–Crippen LogP) is 1.05. The summed E-state index contributed by atoms with van der Waals surface area (Å²) in [6.07, 6.45) is 1.21. The Morgan fingerprint density at radius 3 is 3.05 bits per heavy atom. The first kappa shape index (κ1) is 12.7. The van der Waals surface area contributed by atoms with Crippen LogP contribution >= 0.6 is 0 Å². The fourth-order valence-electron chi connectivity index (χ4n) is 2.58. The highest BCUT2D eigenvalue weighted by Crippen LogP contribution is 2.35.